The Morgan fingerprint density at radius 1 is 1.65 bits per heavy atom. The van der Waals surface area contributed by atoms with Crippen LogP contribution < -0.4 is 0 Å². The standard InChI is InChI=1S/C11H13BrN2O3/c1-3-4-14(7-10(15)16)11(17)9-5-8(12)6-13(9)2/h3,5-6H,1,4,7H2,2H3,(H,15,16). The van der Waals surface area contributed by atoms with Crippen molar-refractivity contribution >= 4 is 27.8 Å². The largest absolute Gasteiger partial charge is 0.480 e. The lowest BCUT2D eigenvalue weighted by Crippen LogP contribution is -2.36. The lowest BCUT2D eigenvalue weighted by Gasteiger charge is -2.18. The summed E-state index contributed by atoms with van der Waals surface area (Å²) in [6.07, 6.45) is 3.24. The Morgan fingerprint density at radius 3 is 2.71 bits per heavy atom. The predicted molar refractivity (Wildman–Crippen MR) is 66.8 cm³/mol. The van der Waals surface area contributed by atoms with Gasteiger partial charge in [-0.2, -0.15) is 0 Å². The zero-order valence-corrected chi connectivity index (χ0v) is 11.0. The molecule has 1 rings (SSSR count). The molecule has 0 fully saturated rings. The molecule has 0 aromatic carbocycles. The van der Waals surface area contributed by atoms with Gasteiger partial charge in [0.1, 0.15) is 12.2 Å². The number of hydrogen-bond acceptors (Lipinski definition) is 2. The fourth-order valence-electron chi connectivity index (χ4n) is 1.44. The molecule has 0 unspecified atom stereocenters. The number of hydrogen-bond donors (Lipinski definition) is 1. The molecule has 6 heteroatoms. The first-order chi connectivity index (χ1) is 7.95. The molecule has 92 valence electrons. The zero-order chi connectivity index (χ0) is 13.0. The molecule has 1 N–H and O–H groups in total. The Kier molecular flexibility index (Phi) is 4.51. The predicted octanol–water partition coefficient (Wildman–Crippen LogP) is 1.50. The first-order valence-electron chi connectivity index (χ1n) is 4.89. The lowest BCUT2D eigenvalue weighted by molar-refractivity contribution is -0.137. The van der Waals surface area contributed by atoms with Crippen LogP contribution in [0.2, 0.25) is 0 Å². The zero-order valence-electron chi connectivity index (χ0n) is 9.39. The van der Waals surface area contributed by atoms with Gasteiger partial charge < -0.3 is 14.6 Å². The van der Waals surface area contributed by atoms with Crippen molar-refractivity contribution in [2.75, 3.05) is 13.1 Å². The summed E-state index contributed by atoms with van der Waals surface area (Å²) >= 11 is 3.26. The molecule has 17 heavy (non-hydrogen) atoms. The van der Waals surface area contributed by atoms with Gasteiger partial charge in [0, 0.05) is 24.3 Å². The maximum Gasteiger partial charge on any atom is 0.323 e. The molecule has 0 atom stereocenters. The van der Waals surface area contributed by atoms with Crippen LogP contribution in [0.5, 0.6) is 0 Å². The van der Waals surface area contributed by atoms with Crippen molar-refractivity contribution in [3.05, 3.63) is 35.1 Å². The van der Waals surface area contributed by atoms with Gasteiger partial charge in [-0.25, -0.2) is 0 Å². The summed E-state index contributed by atoms with van der Waals surface area (Å²) in [7, 11) is 1.73. The second-order valence-corrected chi connectivity index (χ2v) is 4.44. The Balaban J connectivity index is 2.94. The maximum absolute atomic E-state index is 12.1. The Labute approximate surface area is 107 Å². The fraction of sp³-hybridized carbons (Fsp3) is 0.273. The number of aromatic nitrogens is 1. The van der Waals surface area contributed by atoms with E-state index in [1.807, 2.05) is 0 Å². The topological polar surface area (TPSA) is 62.5 Å². The van der Waals surface area contributed by atoms with Gasteiger partial charge in [-0.1, -0.05) is 6.08 Å². The molecule has 0 bridgehead atoms. The van der Waals surface area contributed by atoms with E-state index in [-0.39, 0.29) is 19.0 Å². The fourth-order valence-corrected chi connectivity index (χ4v) is 1.96. The molecule has 0 saturated heterocycles. The van der Waals surface area contributed by atoms with Gasteiger partial charge >= 0.3 is 5.97 Å². The molecule has 1 heterocycles. The minimum Gasteiger partial charge on any atom is -0.480 e. The van der Waals surface area contributed by atoms with E-state index in [9.17, 15) is 9.59 Å². The van der Waals surface area contributed by atoms with E-state index in [1.165, 1.54) is 11.0 Å². The Bertz CT molecular complexity index is 454. The molecule has 1 amide bonds. The lowest BCUT2D eigenvalue weighted by atomic mass is 10.3. The first kappa shape index (κ1) is 13.5. The highest BCUT2D eigenvalue weighted by Crippen LogP contribution is 2.15. The van der Waals surface area contributed by atoms with Crippen molar-refractivity contribution in [2.24, 2.45) is 7.05 Å². The summed E-state index contributed by atoms with van der Waals surface area (Å²) in [5, 5.41) is 8.74. The van der Waals surface area contributed by atoms with Crippen LogP contribution in [0.3, 0.4) is 0 Å². The van der Waals surface area contributed by atoms with E-state index < -0.39 is 5.97 Å². The second kappa shape index (κ2) is 5.67. The van der Waals surface area contributed by atoms with Crippen LogP contribution in [-0.4, -0.2) is 39.5 Å². The third-order valence-electron chi connectivity index (χ3n) is 2.15. The summed E-state index contributed by atoms with van der Waals surface area (Å²) in [6, 6.07) is 1.65. The maximum atomic E-state index is 12.1. The number of aliphatic carboxylic acids is 1. The third-order valence-corrected chi connectivity index (χ3v) is 2.59. The molecule has 0 saturated carbocycles. The molecule has 5 nitrogen and oxygen atoms in total. The highest BCUT2D eigenvalue weighted by atomic mass is 79.9. The number of rotatable bonds is 5. The van der Waals surface area contributed by atoms with E-state index in [1.54, 1.807) is 23.9 Å². The molecular weight excluding hydrogens is 288 g/mol. The van der Waals surface area contributed by atoms with Gasteiger partial charge in [-0.05, 0) is 22.0 Å². The molecule has 1 aromatic heterocycles. The van der Waals surface area contributed by atoms with E-state index in [2.05, 4.69) is 22.5 Å². The number of halogens is 1. The third kappa shape index (κ3) is 3.45. The summed E-state index contributed by atoms with van der Waals surface area (Å²) in [4.78, 5) is 24.0. The van der Waals surface area contributed by atoms with Crippen LogP contribution in [0.4, 0.5) is 0 Å². The van der Waals surface area contributed by atoms with E-state index in [0.717, 1.165) is 4.47 Å². The van der Waals surface area contributed by atoms with Gasteiger partial charge in [-0.15, -0.1) is 6.58 Å². The highest BCUT2D eigenvalue weighted by Gasteiger charge is 2.20. The van der Waals surface area contributed by atoms with Crippen molar-refractivity contribution in [1.29, 1.82) is 0 Å². The monoisotopic (exact) mass is 300 g/mol. The average Bonchev–Trinajstić information content (AvgIpc) is 2.55. The van der Waals surface area contributed by atoms with Gasteiger partial charge in [0.05, 0.1) is 0 Å². The number of carbonyl (C=O) groups is 2. The van der Waals surface area contributed by atoms with Crippen LogP contribution in [0.1, 0.15) is 10.5 Å². The normalized spacial score (nSPS) is 10.0. The number of nitrogens with zero attached hydrogens (tertiary/aromatic N) is 2. The van der Waals surface area contributed by atoms with Crippen LogP contribution in [0.15, 0.2) is 29.4 Å². The smallest absolute Gasteiger partial charge is 0.323 e. The van der Waals surface area contributed by atoms with Gasteiger partial charge in [-0.3, -0.25) is 9.59 Å². The summed E-state index contributed by atoms with van der Waals surface area (Å²) in [6.45, 7) is 3.37. The molecule has 0 aliphatic carbocycles. The Hall–Kier alpha value is -1.56. The number of aryl methyl sites for hydroxylation is 1. The van der Waals surface area contributed by atoms with E-state index in [4.69, 9.17) is 5.11 Å². The van der Waals surface area contributed by atoms with Crippen molar-refractivity contribution in [1.82, 2.24) is 9.47 Å². The summed E-state index contributed by atoms with van der Waals surface area (Å²) in [5.74, 6) is -1.38. The van der Waals surface area contributed by atoms with Crippen molar-refractivity contribution in [3.8, 4) is 0 Å². The molecule has 1 aromatic rings. The van der Waals surface area contributed by atoms with E-state index in [0.29, 0.717) is 5.69 Å². The van der Waals surface area contributed by atoms with Crippen molar-refractivity contribution < 1.29 is 14.7 Å². The van der Waals surface area contributed by atoms with Gasteiger partial charge in [0.25, 0.3) is 5.91 Å². The van der Waals surface area contributed by atoms with Crippen molar-refractivity contribution in [2.45, 2.75) is 0 Å². The minimum absolute atomic E-state index is 0.202. The quantitative estimate of drug-likeness (QED) is 0.838. The molecule has 0 radical (unpaired) electrons. The van der Waals surface area contributed by atoms with E-state index >= 15 is 0 Å². The second-order valence-electron chi connectivity index (χ2n) is 3.52. The molecule has 0 aliphatic rings. The SMILES string of the molecule is C=CCN(CC(=O)O)C(=O)c1cc(Br)cn1C. The van der Waals surface area contributed by atoms with Gasteiger partial charge in [0.2, 0.25) is 0 Å². The number of carboxylic acids is 1. The minimum atomic E-state index is -1.05. The Morgan fingerprint density at radius 2 is 2.29 bits per heavy atom. The van der Waals surface area contributed by atoms with Crippen molar-refractivity contribution in [3.63, 3.8) is 0 Å². The number of amides is 1. The first-order valence-corrected chi connectivity index (χ1v) is 5.68. The average molecular weight is 301 g/mol. The summed E-state index contributed by atoms with van der Waals surface area (Å²) < 4.78 is 2.42. The molecule has 0 aliphatic heterocycles. The molecule has 0 spiro atoms. The number of carboxylic acid groups (broad SMARTS) is 1. The summed E-state index contributed by atoms with van der Waals surface area (Å²) in [5.41, 5.74) is 0.431. The van der Waals surface area contributed by atoms with Crippen LogP contribution in [-0.2, 0) is 11.8 Å². The number of carbonyl (C=O) groups excluding carboxylic acids is 1. The van der Waals surface area contributed by atoms with Gasteiger partial charge in [0.15, 0.2) is 0 Å². The highest BCUT2D eigenvalue weighted by molar-refractivity contribution is 9.10. The van der Waals surface area contributed by atoms with Crippen LogP contribution >= 0.6 is 15.9 Å². The molecular formula is C11H13BrN2O3. The van der Waals surface area contributed by atoms with Crippen LogP contribution in [0, 0.1) is 0 Å². The van der Waals surface area contributed by atoms with Crippen LogP contribution in [0.25, 0.3) is 0 Å².